The Hall–Kier alpha value is -5.69. The van der Waals surface area contributed by atoms with Gasteiger partial charge in [-0.05, 0) is 66.9 Å². The van der Waals surface area contributed by atoms with Crippen molar-refractivity contribution in [2.45, 2.75) is 18.9 Å². The number of nitrogens with zero attached hydrogens (tertiary/aromatic N) is 3. The Morgan fingerprint density at radius 1 is 1.00 bits per heavy atom. The van der Waals surface area contributed by atoms with Crippen molar-refractivity contribution in [2.75, 3.05) is 19.5 Å². The average Bonchev–Trinajstić information content (AvgIpc) is 3.87. The molecule has 9 nitrogen and oxygen atoms in total. The van der Waals surface area contributed by atoms with Gasteiger partial charge >= 0.3 is 0 Å². The summed E-state index contributed by atoms with van der Waals surface area (Å²) in [5.74, 6) is 1.06. The van der Waals surface area contributed by atoms with Crippen LogP contribution < -0.4 is 25.0 Å². The van der Waals surface area contributed by atoms with Crippen LogP contribution in [0.2, 0.25) is 0 Å². The lowest BCUT2D eigenvalue weighted by molar-refractivity contribution is 0.102. The molecule has 1 aliphatic rings. The number of halogens is 1. The minimum absolute atomic E-state index is 0.0164. The molecule has 1 amide bonds. The molecule has 0 radical (unpaired) electrons. The molecule has 0 saturated heterocycles. The number of fused-ring (bicyclic) bond motifs is 1. The number of anilines is 1. The summed E-state index contributed by atoms with van der Waals surface area (Å²) in [7, 11) is 3.11. The largest absolute Gasteiger partial charge is 0.493 e. The zero-order valence-corrected chi connectivity index (χ0v) is 23.3. The number of aromatic nitrogens is 2. The van der Waals surface area contributed by atoms with Crippen LogP contribution in [-0.2, 0) is 0 Å². The number of hydrogen-bond donors (Lipinski definition) is 1. The van der Waals surface area contributed by atoms with E-state index in [0.29, 0.717) is 39.8 Å². The van der Waals surface area contributed by atoms with Crippen LogP contribution in [0.1, 0.15) is 34.9 Å². The fourth-order valence-electron chi connectivity index (χ4n) is 4.90. The highest BCUT2D eigenvalue weighted by molar-refractivity contribution is 6.05. The first-order chi connectivity index (χ1) is 20.9. The SMILES string of the molecule is COc1cc2nccc(Oc3ccc(NC(=O)c4cn(C5CC5)c(C#N)c(-c5ccc(F)cc5)c4=O)cc3)c2cc1OC. The molecule has 0 aliphatic heterocycles. The summed E-state index contributed by atoms with van der Waals surface area (Å²) < 4.78 is 32.2. The third-order valence-corrected chi connectivity index (χ3v) is 7.21. The number of carbonyl (C=O) groups is 1. The summed E-state index contributed by atoms with van der Waals surface area (Å²) in [5, 5.41) is 13.4. The van der Waals surface area contributed by atoms with Gasteiger partial charge in [-0.15, -0.1) is 0 Å². The zero-order valence-electron chi connectivity index (χ0n) is 23.3. The van der Waals surface area contributed by atoms with Gasteiger partial charge in [-0.1, -0.05) is 12.1 Å². The molecule has 0 unspecified atom stereocenters. The van der Waals surface area contributed by atoms with E-state index in [1.165, 1.54) is 30.5 Å². The van der Waals surface area contributed by atoms with Gasteiger partial charge in [-0.25, -0.2) is 4.39 Å². The highest BCUT2D eigenvalue weighted by Crippen LogP contribution is 2.38. The van der Waals surface area contributed by atoms with Gasteiger partial charge in [0.25, 0.3) is 5.91 Å². The molecule has 3 aromatic carbocycles. The maximum atomic E-state index is 13.6. The molecule has 1 aliphatic carbocycles. The number of nitriles is 1. The van der Waals surface area contributed by atoms with Crippen LogP contribution >= 0.6 is 0 Å². The summed E-state index contributed by atoms with van der Waals surface area (Å²) in [6, 6.07) is 19.4. The third-order valence-electron chi connectivity index (χ3n) is 7.21. The van der Waals surface area contributed by atoms with Gasteiger partial charge in [0, 0.05) is 35.6 Å². The van der Waals surface area contributed by atoms with Crippen LogP contribution in [0.3, 0.4) is 0 Å². The topological polar surface area (TPSA) is 115 Å². The molecular formula is C33H25FN4O5. The highest BCUT2D eigenvalue weighted by atomic mass is 19.1. The smallest absolute Gasteiger partial charge is 0.261 e. The van der Waals surface area contributed by atoms with Gasteiger partial charge in [0.15, 0.2) is 11.5 Å². The quantitative estimate of drug-likeness (QED) is 0.225. The molecule has 2 heterocycles. The number of hydrogen-bond acceptors (Lipinski definition) is 7. The first kappa shape index (κ1) is 27.5. The fraction of sp³-hybridized carbons (Fsp3) is 0.152. The van der Waals surface area contributed by atoms with E-state index in [9.17, 15) is 19.2 Å². The average molecular weight is 577 g/mol. The van der Waals surface area contributed by atoms with Crippen LogP contribution in [0.5, 0.6) is 23.0 Å². The van der Waals surface area contributed by atoms with Crippen LogP contribution in [0, 0.1) is 17.1 Å². The molecule has 5 aromatic rings. The zero-order chi connectivity index (χ0) is 30.1. The Kier molecular flexibility index (Phi) is 7.22. The van der Waals surface area contributed by atoms with Crippen molar-refractivity contribution < 1.29 is 23.4 Å². The predicted octanol–water partition coefficient (Wildman–Crippen LogP) is 6.47. The van der Waals surface area contributed by atoms with Gasteiger partial charge in [0.1, 0.15) is 34.6 Å². The van der Waals surface area contributed by atoms with Crippen LogP contribution in [0.4, 0.5) is 10.1 Å². The number of nitrogens with one attached hydrogen (secondary N) is 1. The first-order valence-electron chi connectivity index (χ1n) is 13.5. The van der Waals surface area contributed by atoms with E-state index < -0.39 is 17.2 Å². The van der Waals surface area contributed by atoms with Crippen LogP contribution in [0.25, 0.3) is 22.0 Å². The standard InChI is InChI=1S/C33H25FN4O5/c1-41-29-15-24-26(16-30(29)42-2)36-14-13-28(24)43-23-11-7-21(8-12-23)37-33(40)25-18-38(22-9-10-22)27(17-35)31(32(25)39)19-3-5-20(34)6-4-19/h3-8,11-16,18,22H,9-10H2,1-2H3,(H,37,40). The molecule has 0 spiro atoms. The van der Waals surface area contributed by atoms with E-state index in [1.807, 2.05) is 0 Å². The van der Waals surface area contributed by atoms with Crippen LogP contribution in [0.15, 0.2) is 83.9 Å². The van der Waals surface area contributed by atoms with Crippen molar-refractivity contribution >= 4 is 22.5 Å². The number of amides is 1. The third kappa shape index (κ3) is 5.36. The van der Waals surface area contributed by atoms with E-state index in [4.69, 9.17) is 14.2 Å². The Bertz CT molecular complexity index is 1960. The Morgan fingerprint density at radius 3 is 2.35 bits per heavy atom. The van der Waals surface area contributed by atoms with E-state index in [-0.39, 0.29) is 22.9 Å². The van der Waals surface area contributed by atoms with E-state index in [1.54, 1.807) is 67.4 Å². The van der Waals surface area contributed by atoms with Crippen molar-refractivity contribution in [2.24, 2.45) is 0 Å². The second-order valence-corrected chi connectivity index (χ2v) is 9.97. The van der Waals surface area contributed by atoms with Gasteiger partial charge in [0.05, 0.1) is 25.3 Å². The molecule has 0 bridgehead atoms. The van der Waals surface area contributed by atoms with Gasteiger partial charge in [0.2, 0.25) is 5.43 Å². The minimum Gasteiger partial charge on any atom is -0.493 e. The van der Waals surface area contributed by atoms with Crippen LogP contribution in [-0.4, -0.2) is 29.7 Å². The normalized spacial score (nSPS) is 12.4. The summed E-state index contributed by atoms with van der Waals surface area (Å²) in [6.45, 7) is 0. The molecule has 43 heavy (non-hydrogen) atoms. The number of methoxy groups -OCH3 is 2. The summed E-state index contributed by atoms with van der Waals surface area (Å²) in [6.07, 6.45) is 4.73. The lowest BCUT2D eigenvalue weighted by Gasteiger charge is -2.15. The molecule has 2 aromatic heterocycles. The monoisotopic (exact) mass is 576 g/mol. The first-order valence-corrected chi connectivity index (χ1v) is 13.5. The van der Waals surface area contributed by atoms with Crippen molar-refractivity contribution in [3.63, 3.8) is 0 Å². The molecule has 6 rings (SSSR count). The molecule has 214 valence electrons. The van der Waals surface area contributed by atoms with Crippen molar-refractivity contribution in [1.82, 2.24) is 9.55 Å². The highest BCUT2D eigenvalue weighted by Gasteiger charge is 2.30. The Balaban J connectivity index is 1.28. The lowest BCUT2D eigenvalue weighted by Crippen LogP contribution is -2.26. The number of carbonyl (C=O) groups excluding carboxylic acids is 1. The summed E-state index contributed by atoms with van der Waals surface area (Å²) in [5.41, 5.74) is 0.980. The predicted molar refractivity (Wildman–Crippen MR) is 158 cm³/mol. The lowest BCUT2D eigenvalue weighted by atomic mass is 10.0. The molecule has 0 atom stereocenters. The van der Waals surface area contributed by atoms with E-state index >= 15 is 0 Å². The van der Waals surface area contributed by atoms with E-state index in [0.717, 1.165) is 18.2 Å². The van der Waals surface area contributed by atoms with Crippen molar-refractivity contribution in [3.8, 4) is 40.2 Å². The Labute approximate surface area is 245 Å². The number of rotatable bonds is 8. The summed E-state index contributed by atoms with van der Waals surface area (Å²) in [4.78, 5) is 31.3. The maximum Gasteiger partial charge on any atom is 0.261 e. The maximum absolute atomic E-state index is 13.6. The molecule has 1 N–H and O–H groups in total. The second-order valence-electron chi connectivity index (χ2n) is 9.97. The Morgan fingerprint density at radius 2 is 1.70 bits per heavy atom. The molecule has 10 heteroatoms. The van der Waals surface area contributed by atoms with Crippen molar-refractivity contribution in [3.05, 3.63) is 106 Å². The van der Waals surface area contributed by atoms with E-state index in [2.05, 4.69) is 16.4 Å². The second kappa shape index (κ2) is 11.3. The van der Waals surface area contributed by atoms with Gasteiger partial charge in [-0.3, -0.25) is 14.6 Å². The molecule has 1 saturated carbocycles. The van der Waals surface area contributed by atoms with Gasteiger partial charge in [-0.2, -0.15) is 5.26 Å². The number of ether oxygens (including phenoxy) is 3. The number of benzene rings is 3. The summed E-state index contributed by atoms with van der Waals surface area (Å²) >= 11 is 0. The fourth-order valence-corrected chi connectivity index (χ4v) is 4.90. The number of pyridine rings is 2. The van der Waals surface area contributed by atoms with Crippen molar-refractivity contribution in [1.29, 1.82) is 5.26 Å². The molecular weight excluding hydrogens is 551 g/mol. The van der Waals surface area contributed by atoms with Gasteiger partial charge < -0.3 is 24.1 Å². The molecule has 1 fully saturated rings. The minimum atomic E-state index is -0.623.